The summed E-state index contributed by atoms with van der Waals surface area (Å²) in [6.07, 6.45) is -2.70. The molecule has 0 spiro atoms. The minimum absolute atomic E-state index is 0.0732. The average Bonchev–Trinajstić information content (AvgIpc) is 3.15. The number of pyridine rings is 2. The SMILES string of the molecule is Cc1nc(C)c(-c2ccn3nc(N)nc3c2)cc1C(=O)NCc1cccc(OCC(F)(F)F)c1. The third-order valence-electron chi connectivity index (χ3n) is 5.07. The first-order valence-electron chi connectivity index (χ1n) is 10.3. The van der Waals surface area contributed by atoms with Crippen LogP contribution < -0.4 is 15.8 Å². The Balaban J connectivity index is 1.52. The third-order valence-corrected chi connectivity index (χ3v) is 5.07. The molecule has 3 N–H and O–H groups in total. The zero-order valence-corrected chi connectivity index (χ0v) is 18.3. The molecular weight excluding hydrogens is 449 g/mol. The fourth-order valence-electron chi connectivity index (χ4n) is 3.50. The number of hydrogen-bond acceptors (Lipinski definition) is 6. The van der Waals surface area contributed by atoms with Crippen molar-refractivity contribution in [1.29, 1.82) is 0 Å². The Morgan fingerprint density at radius 3 is 2.68 bits per heavy atom. The second-order valence-electron chi connectivity index (χ2n) is 7.68. The lowest BCUT2D eigenvalue weighted by Crippen LogP contribution is -2.24. The van der Waals surface area contributed by atoms with E-state index in [0.29, 0.717) is 22.5 Å². The molecule has 11 heteroatoms. The number of nitrogens with one attached hydrogen (secondary N) is 1. The minimum Gasteiger partial charge on any atom is -0.484 e. The van der Waals surface area contributed by atoms with Crippen molar-refractivity contribution in [3.63, 3.8) is 0 Å². The Bertz CT molecular complexity index is 1370. The fraction of sp³-hybridized carbons (Fsp3) is 0.217. The van der Waals surface area contributed by atoms with E-state index < -0.39 is 12.8 Å². The first kappa shape index (κ1) is 23.0. The van der Waals surface area contributed by atoms with Crippen LogP contribution in [0.5, 0.6) is 5.75 Å². The molecule has 0 radical (unpaired) electrons. The van der Waals surface area contributed by atoms with E-state index >= 15 is 0 Å². The predicted octanol–water partition coefficient (Wildman–Crippen LogP) is 3.86. The number of rotatable bonds is 6. The van der Waals surface area contributed by atoms with E-state index in [1.165, 1.54) is 12.1 Å². The summed E-state index contributed by atoms with van der Waals surface area (Å²) in [6.45, 7) is 2.31. The molecule has 0 unspecified atom stereocenters. The lowest BCUT2D eigenvalue weighted by atomic mass is 10.0. The maximum absolute atomic E-state index is 12.9. The molecule has 4 aromatic rings. The molecular formula is C23H21F3N6O2. The molecule has 3 heterocycles. The second-order valence-corrected chi connectivity index (χ2v) is 7.68. The number of nitrogens with two attached hydrogens (primary N) is 1. The number of ether oxygens (including phenoxy) is 1. The molecule has 1 aromatic carbocycles. The summed E-state index contributed by atoms with van der Waals surface area (Å²) in [4.78, 5) is 21.6. The standard InChI is InChI=1S/C23H21F3N6O2/c1-13-18(16-6-7-32-20(9-16)30-22(27)31-32)10-19(14(2)29-13)21(33)28-11-15-4-3-5-17(8-15)34-12-23(24,25)26/h3-10H,11-12H2,1-2H3,(H2,27,31)(H,28,33). The van der Waals surface area contributed by atoms with Gasteiger partial charge in [-0.1, -0.05) is 12.1 Å². The van der Waals surface area contributed by atoms with Gasteiger partial charge in [-0.05, 0) is 55.3 Å². The van der Waals surface area contributed by atoms with Crippen molar-refractivity contribution in [2.45, 2.75) is 26.6 Å². The van der Waals surface area contributed by atoms with Crippen LogP contribution in [-0.2, 0) is 6.54 Å². The Hall–Kier alpha value is -4.15. The highest BCUT2D eigenvalue weighted by molar-refractivity contribution is 5.96. The molecule has 0 atom stereocenters. The Morgan fingerprint density at radius 1 is 1.12 bits per heavy atom. The number of carbonyl (C=O) groups is 1. The van der Waals surface area contributed by atoms with Crippen molar-refractivity contribution in [2.75, 3.05) is 12.3 Å². The summed E-state index contributed by atoms with van der Waals surface area (Å²) in [5.41, 5.74) is 10.0. The molecule has 34 heavy (non-hydrogen) atoms. The summed E-state index contributed by atoms with van der Waals surface area (Å²) in [6, 6.07) is 11.5. The minimum atomic E-state index is -4.43. The molecule has 0 saturated carbocycles. The third kappa shape index (κ3) is 5.25. The van der Waals surface area contributed by atoms with Crippen LogP contribution in [0.2, 0.25) is 0 Å². The zero-order valence-electron chi connectivity index (χ0n) is 18.3. The number of nitrogens with zero attached hydrogens (tertiary/aromatic N) is 4. The van der Waals surface area contributed by atoms with Crippen LogP contribution in [0.15, 0.2) is 48.7 Å². The fourth-order valence-corrected chi connectivity index (χ4v) is 3.50. The van der Waals surface area contributed by atoms with Gasteiger partial charge >= 0.3 is 6.18 Å². The van der Waals surface area contributed by atoms with Gasteiger partial charge in [0.1, 0.15) is 5.75 Å². The number of anilines is 1. The van der Waals surface area contributed by atoms with E-state index in [-0.39, 0.29) is 24.1 Å². The summed E-state index contributed by atoms with van der Waals surface area (Å²) in [5.74, 6) is -0.131. The molecule has 0 aliphatic rings. The molecule has 0 aliphatic carbocycles. The van der Waals surface area contributed by atoms with Gasteiger partial charge in [-0.25, -0.2) is 4.52 Å². The van der Waals surface area contributed by atoms with Gasteiger partial charge in [0.05, 0.1) is 11.3 Å². The Labute approximate surface area is 192 Å². The summed E-state index contributed by atoms with van der Waals surface area (Å²) < 4.78 is 43.5. The summed E-state index contributed by atoms with van der Waals surface area (Å²) in [5, 5.41) is 6.84. The van der Waals surface area contributed by atoms with E-state index in [1.807, 2.05) is 13.0 Å². The number of halogens is 3. The average molecular weight is 470 g/mol. The highest BCUT2D eigenvalue weighted by Crippen LogP contribution is 2.26. The van der Waals surface area contributed by atoms with Crippen molar-refractivity contribution >= 4 is 17.5 Å². The molecule has 0 bridgehead atoms. The first-order chi connectivity index (χ1) is 16.1. The normalized spacial score (nSPS) is 11.6. The van der Waals surface area contributed by atoms with Crippen molar-refractivity contribution in [3.8, 4) is 16.9 Å². The van der Waals surface area contributed by atoms with Gasteiger partial charge in [0.25, 0.3) is 5.91 Å². The number of benzene rings is 1. The van der Waals surface area contributed by atoms with Crippen LogP contribution in [0.3, 0.4) is 0 Å². The van der Waals surface area contributed by atoms with Crippen LogP contribution in [-0.4, -0.2) is 38.3 Å². The second kappa shape index (κ2) is 9.00. The number of nitrogen functional groups attached to an aromatic ring is 1. The van der Waals surface area contributed by atoms with Crippen molar-refractivity contribution in [2.24, 2.45) is 0 Å². The van der Waals surface area contributed by atoms with Crippen molar-refractivity contribution in [3.05, 3.63) is 71.2 Å². The van der Waals surface area contributed by atoms with Crippen LogP contribution in [0.25, 0.3) is 16.8 Å². The van der Waals surface area contributed by atoms with Gasteiger partial charge in [-0.15, -0.1) is 5.10 Å². The van der Waals surface area contributed by atoms with Crippen LogP contribution in [0.1, 0.15) is 27.3 Å². The van der Waals surface area contributed by atoms with Crippen LogP contribution in [0.4, 0.5) is 19.1 Å². The number of alkyl halides is 3. The van der Waals surface area contributed by atoms with E-state index in [1.54, 1.807) is 41.9 Å². The van der Waals surface area contributed by atoms with Crippen LogP contribution >= 0.6 is 0 Å². The molecule has 3 aromatic heterocycles. The number of aromatic nitrogens is 4. The largest absolute Gasteiger partial charge is 0.484 e. The molecule has 4 rings (SSSR count). The summed E-state index contributed by atoms with van der Waals surface area (Å²) in [7, 11) is 0. The van der Waals surface area contributed by atoms with Crippen molar-refractivity contribution in [1.82, 2.24) is 24.9 Å². The lowest BCUT2D eigenvalue weighted by molar-refractivity contribution is -0.153. The topological polar surface area (TPSA) is 107 Å². The Morgan fingerprint density at radius 2 is 1.91 bits per heavy atom. The molecule has 1 amide bonds. The summed E-state index contributed by atoms with van der Waals surface area (Å²) >= 11 is 0. The van der Waals surface area contributed by atoms with Gasteiger partial charge in [0, 0.05) is 24.0 Å². The number of aryl methyl sites for hydroxylation is 2. The van der Waals surface area contributed by atoms with Gasteiger partial charge in [-0.2, -0.15) is 18.2 Å². The highest BCUT2D eigenvalue weighted by atomic mass is 19.4. The van der Waals surface area contributed by atoms with Gasteiger partial charge in [0.15, 0.2) is 12.3 Å². The lowest BCUT2D eigenvalue weighted by Gasteiger charge is -2.13. The quantitative estimate of drug-likeness (QED) is 0.443. The molecule has 0 saturated heterocycles. The van der Waals surface area contributed by atoms with Crippen LogP contribution in [0, 0.1) is 13.8 Å². The maximum Gasteiger partial charge on any atom is 0.422 e. The van der Waals surface area contributed by atoms with E-state index in [0.717, 1.165) is 16.8 Å². The van der Waals surface area contributed by atoms with E-state index in [9.17, 15) is 18.0 Å². The smallest absolute Gasteiger partial charge is 0.422 e. The molecule has 0 aliphatic heterocycles. The molecule has 8 nitrogen and oxygen atoms in total. The van der Waals surface area contributed by atoms with E-state index in [2.05, 4.69) is 20.4 Å². The van der Waals surface area contributed by atoms with Gasteiger partial charge in [-0.3, -0.25) is 9.78 Å². The Kier molecular flexibility index (Phi) is 6.10. The number of carbonyl (C=O) groups excluding carboxylic acids is 1. The highest BCUT2D eigenvalue weighted by Gasteiger charge is 2.28. The number of amides is 1. The van der Waals surface area contributed by atoms with E-state index in [4.69, 9.17) is 10.5 Å². The maximum atomic E-state index is 12.9. The number of fused-ring (bicyclic) bond motifs is 1. The first-order valence-corrected chi connectivity index (χ1v) is 10.3. The molecule has 176 valence electrons. The van der Waals surface area contributed by atoms with Gasteiger partial charge in [0.2, 0.25) is 5.95 Å². The van der Waals surface area contributed by atoms with Gasteiger partial charge < -0.3 is 15.8 Å². The van der Waals surface area contributed by atoms with Crippen molar-refractivity contribution < 1.29 is 22.7 Å². The number of hydrogen-bond donors (Lipinski definition) is 2. The zero-order chi connectivity index (χ0) is 24.5. The molecule has 0 fully saturated rings. The predicted molar refractivity (Wildman–Crippen MR) is 119 cm³/mol. The monoisotopic (exact) mass is 470 g/mol.